The molecule has 0 radical (unpaired) electrons. The highest BCUT2D eigenvalue weighted by molar-refractivity contribution is 9.10. The highest BCUT2D eigenvalue weighted by Gasteiger charge is 2.27. The van der Waals surface area contributed by atoms with Gasteiger partial charge in [0.1, 0.15) is 0 Å². The van der Waals surface area contributed by atoms with Crippen molar-refractivity contribution in [1.82, 2.24) is 4.90 Å². The van der Waals surface area contributed by atoms with Gasteiger partial charge >= 0.3 is 0 Å². The van der Waals surface area contributed by atoms with Crippen molar-refractivity contribution in [3.05, 3.63) is 70.2 Å². The molecule has 4 heteroatoms. The second kappa shape index (κ2) is 5.67. The third kappa shape index (κ3) is 2.70. The summed E-state index contributed by atoms with van der Waals surface area (Å²) in [4.78, 5) is 6.57. The van der Waals surface area contributed by atoms with Gasteiger partial charge in [0.25, 0.3) is 0 Å². The van der Waals surface area contributed by atoms with Gasteiger partial charge in [0.15, 0.2) is 5.96 Å². The van der Waals surface area contributed by atoms with Gasteiger partial charge in [0, 0.05) is 11.0 Å². The molecule has 0 bridgehead atoms. The lowest BCUT2D eigenvalue weighted by molar-refractivity contribution is 0.340. The number of guanidine groups is 1. The number of hydrogen-bond donors (Lipinski definition) is 1. The Morgan fingerprint density at radius 2 is 1.95 bits per heavy atom. The number of aliphatic imine (C=N–C) groups is 1. The van der Waals surface area contributed by atoms with Crippen molar-refractivity contribution in [1.29, 1.82) is 0 Å². The third-order valence-corrected chi connectivity index (χ3v) is 4.02. The molecule has 1 aliphatic rings. The first-order chi connectivity index (χ1) is 9.74. The lowest BCUT2D eigenvalue weighted by Crippen LogP contribution is -2.35. The third-order valence-electron chi connectivity index (χ3n) is 3.53. The molecule has 1 unspecified atom stereocenters. The molecule has 3 nitrogen and oxygen atoms in total. The van der Waals surface area contributed by atoms with E-state index in [-0.39, 0.29) is 6.04 Å². The summed E-state index contributed by atoms with van der Waals surface area (Å²) >= 11 is 3.52. The number of nitrogens with zero attached hydrogens (tertiary/aromatic N) is 2. The predicted octanol–water partition coefficient (Wildman–Crippen LogP) is 3.32. The van der Waals surface area contributed by atoms with E-state index < -0.39 is 0 Å². The van der Waals surface area contributed by atoms with Crippen molar-refractivity contribution >= 4 is 21.9 Å². The Balaban J connectivity index is 1.85. The average Bonchev–Trinajstić information content (AvgIpc) is 2.82. The molecule has 3 rings (SSSR count). The first-order valence-electron chi connectivity index (χ1n) is 6.60. The van der Waals surface area contributed by atoms with Crippen LogP contribution in [0.1, 0.15) is 17.2 Å². The summed E-state index contributed by atoms with van der Waals surface area (Å²) < 4.78 is 1.08. The second-order valence-corrected chi connectivity index (χ2v) is 5.80. The van der Waals surface area contributed by atoms with Gasteiger partial charge in [0.2, 0.25) is 0 Å². The van der Waals surface area contributed by atoms with Crippen molar-refractivity contribution in [2.75, 3.05) is 6.54 Å². The summed E-state index contributed by atoms with van der Waals surface area (Å²) in [6.45, 7) is 1.50. The van der Waals surface area contributed by atoms with E-state index in [0.717, 1.165) is 17.6 Å². The molecule has 1 atom stereocenters. The van der Waals surface area contributed by atoms with Crippen LogP contribution in [-0.4, -0.2) is 17.4 Å². The van der Waals surface area contributed by atoms with Crippen LogP contribution in [-0.2, 0) is 6.54 Å². The van der Waals surface area contributed by atoms with Crippen molar-refractivity contribution < 1.29 is 0 Å². The van der Waals surface area contributed by atoms with Crippen LogP contribution in [0, 0.1) is 0 Å². The number of halogens is 1. The van der Waals surface area contributed by atoms with Gasteiger partial charge in [0.05, 0.1) is 12.6 Å². The van der Waals surface area contributed by atoms with Gasteiger partial charge in [-0.15, -0.1) is 0 Å². The molecule has 1 aliphatic heterocycles. The fraction of sp³-hybridized carbons (Fsp3) is 0.188. The molecular weight excluding hydrogens is 314 g/mol. The van der Waals surface area contributed by atoms with Crippen LogP contribution in [0.5, 0.6) is 0 Å². The molecule has 0 amide bonds. The quantitative estimate of drug-likeness (QED) is 0.938. The van der Waals surface area contributed by atoms with Gasteiger partial charge in [-0.2, -0.15) is 0 Å². The Hall–Kier alpha value is -1.81. The van der Waals surface area contributed by atoms with E-state index in [2.05, 4.69) is 56.2 Å². The molecule has 0 saturated heterocycles. The standard InChI is InChI=1S/C16H16BrN3/c17-14-8-4-7-13(9-14)15-10-19-16(18)20(15)11-12-5-2-1-3-6-12/h1-9,15H,10-11H2,(H2,18,19). The van der Waals surface area contributed by atoms with Crippen molar-refractivity contribution in [3.8, 4) is 0 Å². The molecule has 2 aromatic carbocycles. The summed E-state index contributed by atoms with van der Waals surface area (Å²) in [5.41, 5.74) is 8.54. The second-order valence-electron chi connectivity index (χ2n) is 4.88. The smallest absolute Gasteiger partial charge is 0.192 e. The molecule has 20 heavy (non-hydrogen) atoms. The van der Waals surface area contributed by atoms with E-state index in [1.807, 2.05) is 24.3 Å². The summed E-state index contributed by atoms with van der Waals surface area (Å²) in [6, 6.07) is 18.9. The van der Waals surface area contributed by atoms with Crippen molar-refractivity contribution in [2.45, 2.75) is 12.6 Å². The number of benzene rings is 2. The SMILES string of the molecule is NC1=NCC(c2cccc(Br)c2)N1Cc1ccccc1. The Morgan fingerprint density at radius 1 is 1.15 bits per heavy atom. The zero-order valence-corrected chi connectivity index (χ0v) is 12.6. The zero-order chi connectivity index (χ0) is 13.9. The minimum Gasteiger partial charge on any atom is -0.370 e. The van der Waals surface area contributed by atoms with E-state index >= 15 is 0 Å². The summed E-state index contributed by atoms with van der Waals surface area (Å²) in [5, 5.41) is 0. The largest absolute Gasteiger partial charge is 0.370 e. The maximum atomic E-state index is 6.06. The molecule has 0 saturated carbocycles. The predicted molar refractivity (Wildman–Crippen MR) is 85.4 cm³/mol. The maximum absolute atomic E-state index is 6.06. The maximum Gasteiger partial charge on any atom is 0.192 e. The molecule has 0 aromatic heterocycles. The van der Waals surface area contributed by atoms with E-state index in [9.17, 15) is 0 Å². The molecule has 102 valence electrons. The van der Waals surface area contributed by atoms with Crippen LogP contribution in [0.25, 0.3) is 0 Å². The molecule has 0 spiro atoms. The van der Waals surface area contributed by atoms with E-state index in [4.69, 9.17) is 5.73 Å². The summed E-state index contributed by atoms with van der Waals surface area (Å²) in [5.74, 6) is 0.624. The lowest BCUT2D eigenvalue weighted by Gasteiger charge is -2.26. The Labute approximate surface area is 127 Å². The number of rotatable bonds is 3. The minimum absolute atomic E-state index is 0.215. The highest BCUT2D eigenvalue weighted by Crippen LogP contribution is 2.28. The van der Waals surface area contributed by atoms with Crippen LogP contribution in [0.15, 0.2) is 64.1 Å². The molecule has 0 fully saturated rings. The van der Waals surface area contributed by atoms with Crippen LogP contribution < -0.4 is 5.73 Å². The van der Waals surface area contributed by atoms with Gasteiger partial charge in [-0.05, 0) is 23.3 Å². The Kier molecular flexibility index (Phi) is 3.74. The average molecular weight is 330 g/mol. The van der Waals surface area contributed by atoms with Gasteiger partial charge < -0.3 is 10.6 Å². The van der Waals surface area contributed by atoms with Crippen molar-refractivity contribution in [2.24, 2.45) is 10.7 Å². The molecular formula is C16H16BrN3. The minimum atomic E-state index is 0.215. The summed E-state index contributed by atoms with van der Waals surface area (Å²) in [6.07, 6.45) is 0. The normalized spacial score (nSPS) is 18.1. The number of nitrogens with two attached hydrogens (primary N) is 1. The van der Waals surface area contributed by atoms with Crippen LogP contribution in [0.3, 0.4) is 0 Å². The molecule has 1 heterocycles. The van der Waals surface area contributed by atoms with E-state index in [0.29, 0.717) is 5.96 Å². The summed E-state index contributed by atoms with van der Waals surface area (Å²) in [7, 11) is 0. The molecule has 2 N–H and O–H groups in total. The van der Waals surface area contributed by atoms with Crippen LogP contribution in [0.2, 0.25) is 0 Å². The van der Waals surface area contributed by atoms with Crippen LogP contribution in [0.4, 0.5) is 0 Å². The molecule has 2 aromatic rings. The fourth-order valence-electron chi connectivity index (χ4n) is 2.50. The highest BCUT2D eigenvalue weighted by atomic mass is 79.9. The van der Waals surface area contributed by atoms with E-state index in [1.54, 1.807) is 0 Å². The topological polar surface area (TPSA) is 41.6 Å². The lowest BCUT2D eigenvalue weighted by atomic mass is 10.1. The Morgan fingerprint density at radius 3 is 2.70 bits per heavy atom. The fourth-order valence-corrected chi connectivity index (χ4v) is 2.92. The van der Waals surface area contributed by atoms with Gasteiger partial charge in [-0.3, -0.25) is 4.99 Å². The van der Waals surface area contributed by atoms with Gasteiger partial charge in [-0.1, -0.05) is 58.4 Å². The first kappa shape index (κ1) is 13.2. The van der Waals surface area contributed by atoms with Crippen molar-refractivity contribution in [3.63, 3.8) is 0 Å². The monoisotopic (exact) mass is 329 g/mol. The Bertz CT molecular complexity index is 625. The number of hydrogen-bond acceptors (Lipinski definition) is 3. The van der Waals surface area contributed by atoms with Crippen LogP contribution >= 0.6 is 15.9 Å². The van der Waals surface area contributed by atoms with E-state index in [1.165, 1.54) is 11.1 Å². The molecule has 0 aliphatic carbocycles. The van der Waals surface area contributed by atoms with Gasteiger partial charge in [-0.25, -0.2) is 0 Å². The zero-order valence-electron chi connectivity index (χ0n) is 11.0. The first-order valence-corrected chi connectivity index (χ1v) is 7.39.